The first-order chi connectivity index (χ1) is 10.3. The van der Waals surface area contributed by atoms with Crippen LogP contribution in [0.15, 0.2) is 43.0 Å². The van der Waals surface area contributed by atoms with E-state index in [2.05, 4.69) is 9.97 Å². The molecule has 0 aliphatic heterocycles. The lowest BCUT2D eigenvalue weighted by Crippen LogP contribution is -2.02. The Labute approximate surface area is 121 Å². The van der Waals surface area contributed by atoms with Crippen LogP contribution < -0.4 is 9.47 Å². The van der Waals surface area contributed by atoms with Gasteiger partial charge in [0.15, 0.2) is 0 Å². The van der Waals surface area contributed by atoms with Crippen molar-refractivity contribution < 1.29 is 14.6 Å². The van der Waals surface area contributed by atoms with Gasteiger partial charge in [0.1, 0.15) is 18.0 Å². The van der Waals surface area contributed by atoms with E-state index in [1.807, 2.05) is 28.9 Å². The number of aromatic nitrogens is 3. The summed E-state index contributed by atoms with van der Waals surface area (Å²) in [5.41, 5.74) is 2.45. The fourth-order valence-corrected chi connectivity index (χ4v) is 2.10. The van der Waals surface area contributed by atoms with Crippen molar-refractivity contribution in [1.29, 1.82) is 0 Å². The number of aliphatic hydroxyl groups excluding tert-OH is 1. The molecule has 0 aliphatic carbocycles. The third-order valence-corrected chi connectivity index (χ3v) is 3.19. The van der Waals surface area contributed by atoms with Crippen LogP contribution in [-0.4, -0.2) is 26.6 Å². The monoisotopic (exact) mass is 285 g/mol. The third-order valence-electron chi connectivity index (χ3n) is 3.19. The van der Waals surface area contributed by atoms with Gasteiger partial charge in [-0.1, -0.05) is 6.07 Å². The van der Waals surface area contributed by atoms with Crippen LogP contribution in [-0.2, 0) is 13.2 Å². The van der Waals surface area contributed by atoms with Gasteiger partial charge < -0.3 is 19.0 Å². The molecule has 0 atom stereocenters. The minimum Gasteiger partial charge on any atom is -0.487 e. The Hall–Kier alpha value is -2.60. The summed E-state index contributed by atoms with van der Waals surface area (Å²) in [7, 11) is 1.53. The van der Waals surface area contributed by atoms with E-state index in [0.29, 0.717) is 23.8 Å². The first kappa shape index (κ1) is 13.4. The van der Waals surface area contributed by atoms with Gasteiger partial charge in [-0.05, 0) is 6.07 Å². The Balaban J connectivity index is 1.83. The van der Waals surface area contributed by atoms with Gasteiger partial charge in [-0.3, -0.25) is 0 Å². The van der Waals surface area contributed by atoms with Gasteiger partial charge in [-0.25, -0.2) is 9.97 Å². The molecule has 0 amide bonds. The Morgan fingerprint density at radius 1 is 1.24 bits per heavy atom. The molecule has 3 heterocycles. The molecule has 0 saturated heterocycles. The summed E-state index contributed by atoms with van der Waals surface area (Å²) in [6.45, 7) is 0.212. The van der Waals surface area contributed by atoms with Crippen molar-refractivity contribution in [2.75, 3.05) is 7.11 Å². The highest BCUT2D eigenvalue weighted by Crippen LogP contribution is 2.23. The molecule has 0 saturated carbocycles. The Bertz CT molecular complexity index is 755. The van der Waals surface area contributed by atoms with Crippen LogP contribution in [0.25, 0.3) is 5.65 Å². The van der Waals surface area contributed by atoms with Gasteiger partial charge in [-0.2, -0.15) is 0 Å². The van der Waals surface area contributed by atoms with Crippen molar-refractivity contribution >= 4 is 5.65 Å². The summed E-state index contributed by atoms with van der Waals surface area (Å²) < 4.78 is 12.7. The van der Waals surface area contributed by atoms with Gasteiger partial charge in [0.05, 0.1) is 19.9 Å². The predicted molar refractivity (Wildman–Crippen MR) is 76.2 cm³/mol. The van der Waals surface area contributed by atoms with E-state index in [1.165, 1.54) is 7.11 Å². The maximum atomic E-state index is 9.39. The van der Waals surface area contributed by atoms with Crippen molar-refractivity contribution in [2.45, 2.75) is 13.2 Å². The first-order valence-electron chi connectivity index (χ1n) is 6.49. The molecule has 3 aromatic rings. The highest BCUT2D eigenvalue weighted by atomic mass is 16.5. The van der Waals surface area contributed by atoms with Gasteiger partial charge in [0, 0.05) is 35.8 Å². The Morgan fingerprint density at radius 3 is 2.95 bits per heavy atom. The molecule has 6 nitrogen and oxygen atoms in total. The number of methoxy groups -OCH3 is 1. The van der Waals surface area contributed by atoms with Crippen molar-refractivity contribution in [3.05, 3.63) is 54.1 Å². The molecule has 21 heavy (non-hydrogen) atoms. The van der Waals surface area contributed by atoms with Crippen molar-refractivity contribution in [3.8, 4) is 11.6 Å². The molecular weight excluding hydrogens is 270 g/mol. The number of fused-ring (bicyclic) bond motifs is 1. The molecule has 3 rings (SSSR count). The average molecular weight is 285 g/mol. The number of pyridine rings is 2. The number of nitrogens with zero attached hydrogens (tertiary/aromatic N) is 3. The molecule has 0 spiro atoms. The molecule has 0 radical (unpaired) electrons. The van der Waals surface area contributed by atoms with Crippen LogP contribution in [0.4, 0.5) is 0 Å². The van der Waals surface area contributed by atoms with Crippen LogP contribution in [0.5, 0.6) is 11.6 Å². The zero-order valence-corrected chi connectivity index (χ0v) is 11.6. The highest BCUT2D eigenvalue weighted by molar-refractivity contribution is 5.47. The van der Waals surface area contributed by atoms with Crippen LogP contribution >= 0.6 is 0 Å². The summed E-state index contributed by atoms with van der Waals surface area (Å²) in [6.07, 6.45) is 7.11. The molecule has 108 valence electrons. The number of ether oxygens (including phenoxy) is 2. The molecule has 6 heteroatoms. The van der Waals surface area contributed by atoms with Crippen molar-refractivity contribution in [2.24, 2.45) is 0 Å². The van der Waals surface area contributed by atoms with E-state index in [9.17, 15) is 5.11 Å². The number of hydrogen-bond donors (Lipinski definition) is 1. The van der Waals surface area contributed by atoms with Crippen LogP contribution in [0, 0.1) is 0 Å². The normalized spacial score (nSPS) is 10.8. The fraction of sp³-hybridized carbons (Fsp3) is 0.200. The molecule has 0 bridgehead atoms. The molecule has 0 aliphatic rings. The minimum absolute atomic E-state index is 0.137. The molecule has 0 unspecified atom stereocenters. The van der Waals surface area contributed by atoms with E-state index in [1.54, 1.807) is 18.5 Å². The zero-order chi connectivity index (χ0) is 14.7. The number of imidazole rings is 1. The van der Waals surface area contributed by atoms with E-state index < -0.39 is 0 Å². The molecule has 1 N–H and O–H groups in total. The van der Waals surface area contributed by atoms with Gasteiger partial charge >= 0.3 is 0 Å². The third kappa shape index (κ3) is 2.66. The van der Waals surface area contributed by atoms with Crippen LogP contribution in [0.1, 0.15) is 11.1 Å². The zero-order valence-electron chi connectivity index (χ0n) is 11.6. The van der Waals surface area contributed by atoms with Gasteiger partial charge in [0.25, 0.3) is 0 Å². The van der Waals surface area contributed by atoms with Crippen LogP contribution in [0.3, 0.4) is 0 Å². The second kappa shape index (κ2) is 5.80. The summed E-state index contributed by atoms with van der Waals surface area (Å²) in [4.78, 5) is 8.39. The topological polar surface area (TPSA) is 68.9 Å². The lowest BCUT2D eigenvalue weighted by Gasteiger charge is -2.11. The van der Waals surface area contributed by atoms with E-state index in [0.717, 1.165) is 11.2 Å². The molecule has 0 fully saturated rings. The first-order valence-corrected chi connectivity index (χ1v) is 6.49. The summed E-state index contributed by atoms with van der Waals surface area (Å²) >= 11 is 0. The number of aliphatic hydroxyl groups is 1. The second-order valence-electron chi connectivity index (χ2n) is 4.47. The van der Waals surface area contributed by atoms with Crippen molar-refractivity contribution in [3.63, 3.8) is 0 Å². The number of rotatable bonds is 5. The van der Waals surface area contributed by atoms with Crippen molar-refractivity contribution in [1.82, 2.24) is 14.4 Å². The van der Waals surface area contributed by atoms with E-state index in [-0.39, 0.29) is 6.61 Å². The quantitative estimate of drug-likeness (QED) is 0.774. The SMILES string of the molecule is COc1cc(CO)c(OCc2cccn3ccnc23)cn1. The Kier molecular flexibility index (Phi) is 3.70. The lowest BCUT2D eigenvalue weighted by molar-refractivity contribution is 0.256. The second-order valence-corrected chi connectivity index (χ2v) is 4.47. The van der Waals surface area contributed by atoms with E-state index >= 15 is 0 Å². The Morgan fingerprint density at radius 2 is 2.14 bits per heavy atom. The average Bonchev–Trinajstić information content (AvgIpc) is 3.01. The summed E-state index contributed by atoms with van der Waals surface area (Å²) in [5, 5.41) is 9.39. The summed E-state index contributed by atoms with van der Waals surface area (Å²) in [5.74, 6) is 0.980. The van der Waals surface area contributed by atoms with E-state index in [4.69, 9.17) is 9.47 Å². The highest BCUT2D eigenvalue weighted by Gasteiger charge is 2.08. The minimum atomic E-state index is -0.137. The van der Waals surface area contributed by atoms with Crippen LogP contribution in [0.2, 0.25) is 0 Å². The van der Waals surface area contributed by atoms with Gasteiger partial charge in [-0.15, -0.1) is 0 Å². The van der Waals surface area contributed by atoms with Gasteiger partial charge in [0.2, 0.25) is 5.88 Å². The fourth-order valence-electron chi connectivity index (χ4n) is 2.10. The molecular formula is C15H15N3O3. The largest absolute Gasteiger partial charge is 0.487 e. The number of hydrogen-bond acceptors (Lipinski definition) is 5. The molecule has 0 aromatic carbocycles. The smallest absolute Gasteiger partial charge is 0.213 e. The molecule has 3 aromatic heterocycles. The predicted octanol–water partition coefficient (Wildman–Crippen LogP) is 1.81. The lowest BCUT2D eigenvalue weighted by atomic mass is 10.2. The maximum Gasteiger partial charge on any atom is 0.213 e. The standard InChI is InChI=1S/C15H15N3O3/c1-20-14-7-12(9-19)13(8-17-14)21-10-11-3-2-5-18-6-4-16-15(11)18/h2-8,19H,9-10H2,1H3. The maximum absolute atomic E-state index is 9.39. The summed E-state index contributed by atoms with van der Waals surface area (Å²) in [6, 6.07) is 5.55.